The monoisotopic (exact) mass is 431 g/mol. The second-order valence-corrected chi connectivity index (χ2v) is 7.56. The van der Waals surface area contributed by atoms with Gasteiger partial charge in [-0.1, -0.05) is 17.7 Å². The number of ether oxygens (including phenoxy) is 1. The minimum Gasteiger partial charge on any atom is -0.497 e. The van der Waals surface area contributed by atoms with Gasteiger partial charge in [0.05, 0.1) is 25.2 Å². The Hall–Kier alpha value is -2.84. The van der Waals surface area contributed by atoms with Gasteiger partial charge in [0.1, 0.15) is 11.6 Å². The van der Waals surface area contributed by atoms with E-state index in [1.54, 1.807) is 44.6 Å². The van der Waals surface area contributed by atoms with Crippen LogP contribution in [0.3, 0.4) is 0 Å². The van der Waals surface area contributed by atoms with E-state index in [1.165, 1.54) is 4.90 Å². The summed E-state index contributed by atoms with van der Waals surface area (Å²) in [7, 11) is 3.21. The van der Waals surface area contributed by atoms with Gasteiger partial charge >= 0.3 is 0 Å². The van der Waals surface area contributed by atoms with E-state index in [0.717, 1.165) is 32.0 Å². The fraction of sp³-hybridized carbons (Fsp3) is 0.381. The Labute approximate surface area is 181 Å². The van der Waals surface area contributed by atoms with Gasteiger partial charge in [-0.3, -0.25) is 14.5 Å². The third kappa shape index (κ3) is 6.08. The highest BCUT2D eigenvalue weighted by Crippen LogP contribution is 2.17. The summed E-state index contributed by atoms with van der Waals surface area (Å²) in [6.45, 7) is 3.33. The molecule has 2 aromatic rings. The predicted molar refractivity (Wildman–Crippen MR) is 117 cm³/mol. The number of pyridine rings is 1. The lowest BCUT2D eigenvalue weighted by Gasteiger charge is -2.35. The summed E-state index contributed by atoms with van der Waals surface area (Å²) in [5, 5.41) is 3.40. The van der Waals surface area contributed by atoms with Crippen molar-refractivity contribution < 1.29 is 14.3 Å². The molecule has 1 fully saturated rings. The number of halogens is 1. The van der Waals surface area contributed by atoms with E-state index in [9.17, 15) is 9.59 Å². The molecule has 0 atom stereocenters. The molecule has 1 N–H and O–H groups in total. The van der Waals surface area contributed by atoms with E-state index in [-0.39, 0.29) is 24.9 Å². The molecule has 0 unspecified atom stereocenters. The third-order valence-corrected chi connectivity index (χ3v) is 5.15. The Bertz CT molecular complexity index is 869. The molecule has 9 heteroatoms. The Kier molecular flexibility index (Phi) is 7.48. The van der Waals surface area contributed by atoms with E-state index in [4.69, 9.17) is 16.3 Å². The van der Waals surface area contributed by atoms with E-state index < -0.39 is 0 Å². The summed E-state index contributed by atoms with van der Waals surface area (Å²) in [6, 6.07) is 10.8. The highest BCUT2D eigenvalue weighted by molar-refractivity contribution is 6.30. The lowest BCUT2D eigenvalue weighted by atomic mass is 10.3. The number of methoxy groups -OCH3 is 1. The number of carbonyl (C=O) groups is 2. The zero-order valence-electron chi connectivity index (χ0n) is 17.2. The fourth-order valence-electron chi connectivity index (χ4n) is 3.21. The molecule has 0 saturated carbocycles. The Morgan fingerprint density at radius 2 is 1.97 bits per heavy atom. The first-order valence-corrected chi connectivity index (χ1v) is 10.1. The van der Waals surface area contributed by atoms with Gasteiger partial charge in [0.2, 0.25) is 11.8 Å². The number of hydrogen-bond acceptors (Lipinski definition) is 6. The molecular formula is C21H26ClN5O3. The van der Waals surface area contributed by atoms with E-state index in [0.29, 0.717) is 16.5 Å². The van der Waals surface area contributed by atoms with Gasteiger partial charge in [0.25, 0.3) is 0 Å². The molecular weight excluding hydrogens is 406 g/mol. The van der Waals surface area contributed by atoms with Gasteiger partial charge in [-0.2, -0.15) is 0 Å². The number of carbonyl (C=O) groups excluding carboxylic acids is 2. The maximum atomic E-state index is 12.5. The number of hydrogen-bond donors (Lipinski definition) is 1. The molecule has 1 aliphatic rings. The molecule has 0 spiro atoms. The van der Waals surface area contributed by atoms with Crippen molar-refractivity contribution in [2.24, 2.45) is 0 Å². The second-order valence-electron chi connectivity index (χ2n) is 7.13. The molecule has 1 aromatic heterocycles. The van der Waals surface area contributed by atoms with Crippen LogP contribution < -0.4 is 15.0 Å². The lowest BCUT2D eigenvalue weighted by Crippen LogP contribution is -2.50. The first-order chi connectivity index (χ1) is 14.4. The summed E-state index contributed by atoms with van der Waals surface area (Å²) >= 11 is 5.89. The van der Waals surface area contributed by atoms with Gasteiger partial charge in [-0.25, -0.2) is 4.98 Å². The van der Waals surface area contributed by atoms with Crippen molar-refractivity contribution in [3.63, 3.8) is 0 Å². The number of anilines is 2. The Balaban J connectivity index is 1.43. The number of aromatic nitrogens is 1. The number of nitrogens with zero attached hydrogens (tertiary/aromatic N) is 4. The van der Waals surface area contributed by atoms with Crippen LogP contribution in [0, 0.1) is 0 Å². The third-order valence-electron chi connectivity index (χ3n) is 4.93. The summed E-state index contributed by atoms with van der Waals surface area (Å²) < 4.78 is 5.15. The zero-order valence-corrected chi connectivity index (χ0v) is 17.9. The molecule has 3 rings (SSSR count). The standard InChI is InChI=1S/C21H26ClN5O3/c1-25(14-20(28)24-17-4-3-5-18(12-17)30-2)21(29)15-26-8-10-27(11-9-26)19-7-6-16(22)13-23-19/h3-7,12-13H,8-11,14-15H2,1-2H3,(H,24,28). The highest BCUT2D eigenvalue weighted by atomic mass is 35.5. The van der Waals surface area contributed by atoms with Crippen LogP contribution in [0.1, 0.15) is 0 Å². The molecule has 30 heavy (non-hydrogen) atoms. The van der Waals surface area contributed by atoms with E-state index in [2.05, 4.69) is 20.1 Å². The predicted octanol–water partition coefficient (Wildman–Crippen LogP) is 1.96. The largest absolute Gasteiger partial charge is 0.497 e. The van der Waals surface area contributed by atoms with Crippen molar-refractivity contribution in [3.05, 3.63) is 47.6 Å². The van der Waals surface area contributed by atoms with Crippen molar-refractivity contribution in [3.8, 4) is 5.75 Å². The van der Waals surface area contributed by atoms with Crippen molar-refractivity contribution in [1.82, 2.24) is 14.8 Å². The molecule has 2 amide bonds. The van der Waals surface area contributed by atoms with Crippen LogP contribution in [0.15, 0.2) is 42.6 Å². The van der Waals surface area contributed by atoms with Gasteiger partial charge in [-0.05, 0) is 24.3 Å². The van der Waals surface area contributed by atoms with Gasteiger partial charge in [0.15, 0.2) is 0 Å². The van der Waals surface area contributed by atoms with Crippen LogP contribution in [-0.2, 0) is 9.59 Å². The van der Waals surface area contributed by atoms with Gasteiger partial charge in [-0.15, -0.1) is 0 Å². The Morgan fingerprint density at radius 3 is 2.63 bits per heavy atom. The summed E-state index contributed by atoms with van der Waals surface area (Å²) in [5.41, 5.74) is 0.632. The molecule has 0 bridgehead atoms. The van der Waals surface area contributed by atoms with Crippen LogP contribution in [0.4, 0.5) is 11.5 Å². The minimum absolute atomic E-state index is 0.00922. The number of piperazine rings is 1. The Morgan fingerprint density at radius 1 is 1.20 bits per heavy atom. The molecule has 0 radical (unpaired) electrons. The zero-order chi connectivity index (χ0) is 21.5. The average Bonchev–Trinajstić information content (AvgIpc) is 2.75. The van der Waals surface area contributed by atoms with Crippen molar-refractivity contribution >= 4 is 34.9 Å². The number of likely N-dealkylation sites (N-methyl/N-ethyl adjacent to an activating group) is 1. The van der Waals surface area contributed by atoms with E-state index in [1.807, 2.05) is 12.1 Å². The molecule has 160 valence electrons. The van der Waals surface area contributed by atoms with Crippen molar-refractivity contribution in [1.29, 1.82) is 0 Å². The molecule has 2 heterocycles. The maximum Gasteiger partial charge on any atom is 0.243 e. The first kappa shape index (κ1) is 21.9. The van der Waals surface area contributed by atoms with Gasteiger partial charge < -0.3 is 19.9 Å². The maximum absolute atomic E-state index is 12.5. The summed E-state index contributed by atoms with van der Waals surface area (Å²) in [5.74, 6) is 1.20. The summed E-state index contributed by atoms with van der Waals surface area (Å²) in [6.07, 6.45) is 1.64. The van der Waals surface area contributed by atoms with Crippen LogP contribution in [0.5, 0.6) is 5.75 Å². The lowest BCUT2D eigenvalue weighted by molar-refractivity contribution is -0.134. The summed E-state index contributed by atoms with van der Waals surface area (Å²) in [4.78, 5) is 34.8. The topological polar surface area (TPSA) is 78.0 Å². The number of benzene rings is 1. The molecule has 0 aliphatic carbocycles. The molecule has 8 nitrogen and oxygen atoms in total. The number of amides is 2. The van der Waals surface area contributed by atoms with Crippen LogP contribution in [0.2, 0.25) is 5.02 Å². The number of nitrogens with one attached hydrogen (secondary N) is 1. The average molecular weight is 432 g/mol. The van der Waals surface area contributed by atoms with E-state index >= 15 is 0 Å². The molecule has 1 aromatic carbocycles. The van der Waals surface area contributed by atoms with Gasteiger partial charge in [0, 0.05) is 51.2 Å². The van der Waals surface area contributed by atoms with Crippen LogP contribution >= 0.6 is 11.6 Å². The smallest absolute Gasteiger partial charge is 0.243 e. The number of rotatable bonds is 7. The first-order valence-electron chi connectivity index (χ1n) is 9.71. The second kappa shape index (κ2) is 10.3. The molecule has 1 aliphatic heterocycles. The SMILES string of the molecule is COc1cccc(NC(=O)CN(C)C(=O)CN2CCN(c3ccc(Cl)cn3)CC2)c1. The minimum atomic E-state index is -0.252. The quantitative estimate of drug-likeness (QED) is 0.722. The van der Waals surface area contributed by atoms with Crippen LogP contribution in [-0.4, -0.2) is 80.0 Å². The highest BCUT2D eigenvalue weighted by Gasteiger charge is 2.22. The fourth-order valence-corrected chi connectivity index (χ4v) is 3.32. The van der Waals surface area contributed by atoms with Crippen molar-refractivity contribution in [2.75, 3.05) is 63.6 Å². The van der Waals surface area contributed by atoms with Crippen LogP contribution in [0.25, 0.3) is 0 Å². The van der Waals surface area contributed by atoms with Crippen molar-refractivity contribution in [2.45, 2.75) is 0 Å². The molecule has 1 saturated heterocycles. The normalized spacial score (nSPS) is 14.3.